The number of carbonyl (C=O) groups excluding carboxylic acids is 1. The molecule has 1 saturated heterocycles. The van der Waals surface area contributed by atoms with Gasteiger partial charge >= 0.3 is 5.69 Å². The standard InChI is InChI=1S/C16H21N5O3/c1-4-9-7-21(8-12(9)20(2)3)15(23)10-5-11-13(17-6-10)18-16(24)19-14(11)22/h5-6,9,12H,4,7-8H2,1-3H3,(H2,17,18,19,22,24)/t9-,12-/m0/s1. The van der Waals surface area contributed by atoms with Crippen LogP contribution in [-0.4, -0.2) is 63.9 Å². The van der Waals surface area contributed by atoms with Crippen molar-refractivity contribution in [3.63, 3.8) is 0 Å². The van der Waals surface area contributed by atoms with Gasteiger partial charge in [-0.1, -0.05) is 13.3 Å². The lowest BCUT2D eigenvalue weighted by atomic mass is 10.0. The number of rotatable bonds is 3. The number of likely N-dealkylation sites (N-methyl/N-ethyl adjacent to an activating group) is 1. The molecule has 2 N–H and O–H groups in total. The summed E-state index contributed by atoms with van der Waals surface area (Å²) in [6.07, 6.45) is 2.41. The van der Waals surface area contributed by atoms with Gasteiger partial charge in [-0.25, -0.2) is 9.78 Å². The van der Waals surface area contributed by atoms with Crippen LogP contribution in [0.2, 0.25) is 0 Å². The first-order valence-corrected chi connectivity index (χ1v) is 7.98. The fraction of sp³-hybridized carbons (Fsp3) is 0.500. The van der Waals surface area contributed by atoms with Gasteiger partial charge in [0.2, 0.25) is 0 Å². The predicted octanol–water partition coefficient (Wildman–Crippen LogP) is 0.0236. The fourth-order valence-electron chi connectivity index (χ4n) is 3.35. The zero-order valence-corrected chi connectivity index (χ0v) is 14.0. The van der Waals surface area contributed by atoms with Crippen LogP contribution in [0.1, 0.15) is 23.7 Å². The SMILES string of the molecule is CC[C@H]1CN(C(=O)c2cnc3[nH]c(=O)[nH]c(=O)c3c2)C[C@@H]1N(C)C. The summed E-state index contributed by atoms with van der Waals surface area (Å²) < 4.78 is 0. The minimum Gasteiger partial charge on any atom is -0.337 e. The number of fused-ring (bicyclic) bond motifs is 1. The number of aromatic nitrogens is 3. The maximum absolute atomic E-state index is 12.8. The summed E-state index contributed by atoms with van der Waals surface area (Å²) in [6.45, 7) is 3.48. The van der Waals surface area contributed by atoms with E-state index in [0.717, 1.165) is 6.42 Å². The topological polar surface area (TPSA) is 102 Å². The molecule has 0 spiro atoms. The largest absolute Gasteiger partial charge is 0.337 e. The van der Waals surface area contributed by atoms with Crippen LogP contribution >= 0.6 is 0 Å². The van der Waals surface area contributed by atoms with Crippen molar-refractivity contribution in [1.29, 1.82) is 0 Å². The van der Waals surface area contributed by atoms with Gasteiger partial charge in [0, 0.05) is 25.3 Å². The van der Waals surface area contributed by atoms with E-state index in [-0.39, 0.29) is 16.9 Å². The number of aromatic amines is 2. The molecule has 0 saturated carbocycles. The maximum Gasteiger partial charge on any atom is 0.327 e. The number of nitrogens with one attached hydrogen (secondary N) is 2. The first kappa shape index (κ1) is 16.4. The van der Waals surface area contributed by atoms with Crippen LogP contribution in [0.25, 0.3) is 11.0 Å². The van der Waals surface area contributed by atoms with Gasteiger partial charge < -0.3 is 9.80 Å². The lowest BCUT2D eigenvalue weighted by Gasteiger charge is -2.23. The molecule has 0 unspecified atom stereocenters. The molecule has 1 fully saturated rings. The van der Waals surface area contributed by atoms with E-state index in [0.29, 0.717) is 30.6 Å². The van der Waals surface area contributed by atoms with Gasteiger partial charge in [-0.3, -0.25) is 19.6 Å². The second-order valence-corrected chi connectivity index (χ2v) is 6.44. The zero-order chi connectivity index (χ0) is 17.4. The summed E-state index contributed by atoms with van der Waals surface area (Å²) in [5.41, 5.74) is -0.623. The predicted molar refractivity (Wildman–Crippen MR) is 90.1 cm³/mol. The first-order chi connectivity index (χ1) is 11.4. The van der Waals surface area contributed by atoms with E-state index in [1.54, 1.807) is 0 Å². The number of hydrogen-bond donors (Lipinski definition) is 2. The number of hydrogen-bond acceptors (Lipinski definition) is 5. The van der Waals surface area contributed by atoms with Gasteiger partial charge in [-0.05, 0) is 26.1 Å². The molecule has 128 valence electrons. The van der Waals surface area contributed by atoms with E-state index in [9.17, 15) is 14.4 Å². The van der Waals surface area contributed by atoms with E-state index in [4.69, 9.17) is 0 Å². The number of amides is 1. The highest BCUT2D eigenvalue weighted by molar-refractivity contribution is 5.96. The van der Waals surface area contributed by atoms with Crippen molar-refractivity contribution >= 4 is 16.9 Å². The van der Waals surface area contributed by atoms with Gasteiger partial charge in [-0.15, -0.1) is 0 Å². The maximum atomic E-state index is 12.8. The Hall–Kier alpha value is -2.48. The molecule has 8 nitrogen and oxygen atoms in total. The van der Waals surface area contributed by atoms with Crippen molar-refractivity contribution in [1.82, 2.24) is 24.8 Å². The Morgan fingerprint density at radius 3 is 2.71 bits per heavy atom. The van der Waals surface area contributed by atoms with Gasteiger partial charge in [0.05, 0.1) is 10.9 Å². The van der Waals surface area contributed by atoms with E-state index < -0.39 is 11.2 Å². The van der Waals surface area contributed by atoms with Gasteiger partial charge in [0.25, 0.3) is 11.5 Å². The van der Waals surface area contributed by atoms with Crippen LogP contribution < -0.4 is 11.2 Å². The van der Waals surface area contributed by atoms with Crippen LogP contribution in [0.4, 0.5) is 0 Å². The molecule has 0 aromatic carbocycles. The van der Waals surface area contributed by atoms with Gasteiger partial charge in [0.1, 0.15) is 5.65 Å². The minimum atomic E-state index is -0.613. The molecule has 2 aromatic rings. The number of pyridine rings is 1. The Kier molecular flexibility index (Phi) is 4.23. The Balaban J connectivity index is 1.92. The minimum absolute atomic E-state index is 0.141. The molecule has 8 heteroatoms. The molecule has 2 aromatic heterocycles. The number of likely N-dealkylation sites (tertiary alicyclic amines) is 1. The van der Waals surface area contributed by atoms with Crippen molar-refractivity contribution in [2.24, 2.45) is 5.92 Å². The van der Waals surface area contributed by atoms with Crippen LogP contribution in [-0.2, 0) is 0 Å². The third kappa shape index (κ3) is 2.84. The fourth-order valence-corrected chi connectivity index (χ4v) is 3.35. The van der Waals surface area contributed by atoms with Gasteiger partial charge in [-0.2, -0.15) is 0 Å². The number of carbonyl (C=O) groups is 1. The van der Waals surface area contributed by atoms with Crippen LogP contribution in [0.5, 0.6) is 0 Å². The smallest absolute Gasteiger partial charge is 0.327 e. The summed E-state index contributed by atoms with van der Waals surface area (Å²) >= 11 is 0. The summed E-state index contributed by atoms with van der Waals surface area (Å²) in [5.74, 6) is 0.287. The Labute approximate surface area is 138 Å². The molecule has 1 aliphatic rings. The Morgan fingerprint density at radius 2 is 2.08 bits per heavy atom. The summed E-state index contributed by atoms with van der Waals surface area (Å²) in [4.78, 5) is 48.6. The average Bonchev–Trinajstić information content (AvgIpc) is 2.98. The second-order valence-electron chi connectivity index (χ2n) is 6.44. The normalized spacial score (nSPS) is 20.9. The lowest BCUT2D eigenvalue weighted by molar-refractivity contribution is 0.0781. The highest BCUT2D eigenvalue weighted by Gasteiger charge is 2.35. The quantitative estimate of drug-likeness (QED) is 0.826. The van der Waals surface area contributed by atoms with E-state index in [1.807, 2.05) is 19.0 Å². The summed E-state index contributed by atoms with van der Waals surface area (Å²) in [7, 11) is 4.05. The molecule has 24 heavy (non-hydrogen) atoms. The molecule has 1 amide bonds. The molecule has 3 rings (SSSR count). The molecular weight excluding hydrogens is 310 g/mol. The van der Waals surface area contributed by atoms with Crippen LogP contribution in [0.3, 0.4) is 0 Å². The van der Waals surface area contributed by atoms with Crippen molar-refractivity contribution in [3.8, 4) is 0 Å². The molecule has 0 radical (unpaired) electrons. The molecule has 0 bridgehead atoms. The molecule has 3 heterocycles. The van der Waals surface area contributed by atoms with Gasteiger partial charge in [0.15, 0.2) is 0 Å². The van der Waals surface area contributed by atoms with Crippen molar-refractivity contribution in [2.75, 3.05) is 27.2 Å². The Morgan fingerprint density at radius 1 is 1.33 bits per heavy atom. The number of nitrogens with zero attached hydrogens (tertiary/aromatic N) is 3. The first-order valence-electron chi connectivity index (χ1n) is 7.98. The molecule has 1 aliphatic heterocycles. The van der Waals surface area contributed by atoms with Crippen LogP contribution in [0.15, 0.2) is 21.9 Å². The summed E-state index contributed by atoms with van der Waals surface area (Å²) in [6, 6.07) is 1.82. The molecule has 2 atom stereocenters. The molecular formula is C16H21N5O3. The van der Waals surface area contributed by atoms with Crippen molar-refractivity contribution < 1.29 is 4.79 Å². The van der Waals surface area contributed by atoms with E-state index in [2.05, 4.69) is 26.8 Å². The average molecular weight is 331 g/mol. The zero-order valence-electron chi connectivity index (χ0n) is 14.0. The second kappa shape index (κ2) is 6.20. The summed E-state index contributed by atoms with van der Waals surface area (Å²) in [5, 5.41) is 0.204. The molecule has 0 aliphatic carbocycles. The van der Waals surface area contributed by atoms with Crippen molar-refractivity contribution in [3.05, 3.63) is 38.7 Å². The highest BCUT2D eigenvalue weighted by atomic mass is 16.2. The van der Waals surface area contributed by atoms with Crippen molar-refractivity contribution in [2.45, 2.75) is 19.4 Å². The monoisotopic (exact) mass is 331 g/mol. The Bertz CT molecular complexity index is 885. The van der Waals surface area contributed by atoms with E-state index in [1.165, 1.54) is 12.3 Å². The number of H-pyrrole nitrogens is 2. The highest BCUT2D eigenvalue weighted by Crippen LogP contribution is 2.25. The third-order valence-electron chi connectivity index (χ3n) is 4.72. The van der Waals surface area contributed by atoms with E-state index >= 15 is 0 Å². The van der Waals surface area contributed by atoms with Crippen LogP contribution in [0, 0.1) is 5.92 Å². The third-order valence-corrected chi connectivity index (χ3v) is 4.72. The lowest BCUT2D eigenvalue weighted by Crippen LogP contribution is -2.36.